The fourth-order valence-electron chi connectivity index (χ4n) is 4.07. The van der Waals surface area contributed by atoms with Crippen LogP contribution in [0.15, 0.2) is 77.9 Å². The molecular weight excluding hydrogens is 306 g/mol. The van der Waals surface area contributed by atoms with Gasteiger partial charge < -0.3 is 0 Å². The van der Waals surface area contributed by atoms with E-state index < -0.39 is 5.54 Å². The van der Waals surface area contributed by atoms with E-state index >= 15 is 0 Å². The first-order valence-electron chi connectivity index (χ1n) is 8.34. The zero-order valence-corrected chi connectivity index (χ0v) is 13.8. The van der Waals surface area contributed by atoms with E-state index in [1.165, 1.54) is 10.8 Å². The van der Waals surface area contributed by atoms with Crippen LogP contribution < -0.4 is 0 Å². The molecule has 0 atom stereocenters. The van der Waals surface area contributed by atoms with Gasteiger partial charge in [0.25, 0.3) is 0 Å². The molecule has 0 fully saturated rings. The maximum Gasteiger partial charge on any atom is 0.0971 e. The van der Waals surface area contributed by atoms with Gasteiger partial charge in [0.05, 0.1) is 5.54 Å². The van der Waals surface area contributed by atoms with E-state index in [9.17, 15) is 5.53 Å². The first-order chi connectivity index (χ1) is 12.2. The number of rotatable bonds is 1. The molecular formula is C22H15N3. The minimum atomic E-state index is -0.687. The van der Waals surface area contributed by atoms with Gasteiger partial charge in [-0.15, -0.1) is 0 Å². The van der Waals surface area contributed by atoms with Gasteiger partial charge in [-0.1, -0.05) is 53.6 Å². The second-order valence-corrected chi connectivity index (χ2v) is 6.75. The summed E-state index contributed by atoms with van der Waals surface area (Å²) in [7, 11) is 0. The molecule has 1 aliphatic carbocycles. The summed E-state index contributed by atoms with van der Waals surface area (Å²) in [4.78, 5) is 3.17. The highest BCUT2D eigenvalue weighted by molar-refractivity contribution is 5.98. The van der Waals surface area contributed by atoms with E-state index in [0.717, 1.165) is 33.0 Å². The summed E-state index contributed by atoms with van der Waals surface area (Å²) >= 11 is 0. The highest BCUT2D eigenvalue weighted by Gasteiger charge is 2.39. The second kappa shape index (κ2) is 4.85. The van der Waals surface area contributed by atoms with Crippen molar-refractivity contribution < 1.29 is 0 Å². The molecule has 25 heavy (non-hydrogen) atoms. The Morgan fingerprint density at radius 3 is 1.52 bits per heavy atom. The fourth-order valence-corrected chi connectivity index (χ4v) is 4.07. The zero-order chi connectivity index (χ0) is 17.0. The molecule has 0 heterocycles. The van der Waals surface area contributed by atoms with Gasteiger partial charge >= 0.3 is 0 Å². The Labute approximate surface area is 145 Å². The second-order valence-electron chi connectivity index (χ2n) is 6.75. The van der Waals surface area contributed by atoms with Crippen LogP contribution in [0.4, 0.5) is 0 Å². The lowest BCUT2D eigenvalue weighted by Crippen LogP contribution is -2.16. The van der Waals surface area contributed by atoms with Gasteiger partial charge in [0, 0.05) is 4.91 Å². The molecule has 0 saturated carbocycles. The van der Waals surface area contributed by atoms with Crippen LogP contribution in [0.1, 0.15) is 18.1 Å². The third kappa shape index (κ3) is 1.84. The monoisotopic (exact) mass is 321 g/mol. The van der Waals surface area contributed by atoms with Crippen LogP contribution in [0.2, 0.25) is 0 Å². The largest absolute Gasteiger partial charge is 0.0971 e. The van der Waals surface area contributed by atoms with Crippen molar-refractivity contribution in [2.24, 2.45) is 5.11 Å². The van der Waals surface area contributed by atoms with Crippen molar-refractivity contribution in [1.29, 1.82) is 0 Å². The number of hydrogen-bond acceptors (Lipinski definition) is 1. The van der Waals surface area contributed by atoms with Gasteiger partial charge in [-0.05, 0) is 80.5 Å². The first-order valence-corrected chi connectivity index (χ1v) is 8.34. The number of benzene rings is 4. The van der Waals surface area contributed by atoms with Crippen LogP contribution in [-0.2, 0) is 5.54 Å². The van der Waals surface area contributed by atoms with Crippen LogP contribution in [-0.4, -0.2) is 0 Å². The molecule has 0 spiro atoms. The normalized spacial score (nSPS) is 14.1. The maximum absolute atomic E-state index is 9.23. The fraction of sp³-hybridized carbons (Fsp3) is 0.0909. The lowest BCUT2D eigenvalue weighted by molar-refractivity contribution is 0.617. The summed E-state index contributed by atoms with van der Waals surface area (Å²) in [6.45, 7) is 2.01. The van der Waals surface area contributed by atoms with Gasteiger partial charge in [-0.3, -0.25) is 0 Å². The molecule has 0 aliphatic heterocycles. The van der Waals surface area contributed by atoms with Crippen molar-refractivity contribution in [2.75, 3.05) is 0 Å². The molecule has 5 rings (SSSR count). The third-order valence-electron chi connectivity index (χ3n) is 5.36. The average molecular weight is 321 g/mol. The highest BCUT2D eigenvalue weighted by Crippen LogP contribution is 2.51. The summed E-state index contributed by atoms with van der Waals surface area (Å²) in [5, 5.41) is 8.96. The van der Waals surface area contributed by atoms with E-state index in [0.29, 0.717) is 0 Å². The Morgan fingerprint density at radius 2 is 1.12 bits per heavy atom. The van der Waals surface area contributed by atoms with Crippen LogP contribution in [0, 0.1) is 0 Å². The van der Waals surface area contributed by atoms with Gasteiger partial charge in [-0.2, -0.15) is 0 Å². The Hall–Kier alpha value is -3.29. The minimum absolute atomic E-state index is 0.687. The summed E-state index contributed by atoms with van der Waals surface area (Å²) in [6, 6.07) is 25.4. The van der Waals surface area contributed by atoms with Crippen molar-refractivity contribution in [3.8, 4) is 11.1 Å². The van der Waals surface area contributed by atoms with Crippen LogP contribution in [0.3, 0.4) is 0 Å². The molecule has 0 saturated heterocycles. The number of hydrogen-bond donors (Lipinski definition) is 0. The number of nitrogens with zero attached hydrogens (tertiary/aromatic N) is 3. The highest BCUT2D eigenvalue weighted by atomic mass is 15.2. The predicted octanol–water partition coefficient (Wildman–Crippen LogP) is 6.55. The SMILES string of the molecule is CC1(N=[N+]=[N-])c2cc3ccccc3cc2-c2cc3ccccc3cc21. The standard InChI is InChI=1S/C22H15N3/c1-22(24-25-23)20-12-16-8-4-2-6-14(16)10-18(20)19-11-15-7-3-5-9-17(15)13-21(19)22/h2-13H,1H3. The molecule has 4 aromatic rings. The molecule has 0 N–H and O–H groups in total. The van der Waals surface area contributed by atoms with Crippen molar-refractivity contribution in [1.82, 2.24) is 0 Å². The van der Waals surface area contributed by atoms with Gasteiger partial charge in [0.2, 0.25) is 0 Å². The van der Waals surface area contributed by atoms with E-state index in [1.54, 1.807) is 0 Å². The quantitative estimate of drug-likeness (QED) is 0.217. The van der Waals surface area contributed by atoms with E-state index in [4.69, 9.17) is 0 Å². The van der Waals surface area contributed by atoms with E-state index in [-0.39, 0.29) is 0 Å². The molecule has 0 aromatic heterocycles. The van der Waals surface area contributed by atoms with Crippen LogP contribution in [0.5, 0.6) is 0 Å². The Kier molecular flexibility index (Phi) is 2.74. The Balaban J connectivity index is 1.95. The van der Waals surface area contributed by atoms with Crippen molar-refractivity contribution in [2.45, 2.75) is 12.5 Å². The predicted molar refractivity (Wildman–Crippen MR) is 102 cm³/mol. The average Bonchev–Trinajstić information content (AvgIpc) is 2.87. The topological polar surface area (TPSA) is 48.8 Å². The third-order valence-corrected chi connectivity index (χ3v) is 5.36. The smallest absolute Gasteiger partial charge is 0.0780 e. The number of azide groups is 1. The lowest BCUT2D eigenvalue weighted by Gasteiger charge is -2.21. The van der Waals surface area contributed by atoms with Gasteiger partial charge in [0.15, 0.2) is 0 Å². The lowest BCUT2D eigenvalue weighted by atomic mass is 9.89. The Bertz CT molecular complexity index is 1130. The van der Waals surface area contributed by atoms with Gasteiger partial charge in [0.1, 0.15) is 0 Å². The first kappa shape index (κ1) is 14.1. The van der Waals surface area contributed by atoms with Gasteiger partial charge in [-0.25, -0.2) is 0 Å². The van der Waals surface area contributed by atoms with E-state index in [1.807, 2.05) is 19.1 Å². The molecule has 1 aliphatic rings. The molecule has 4 aromatic carbocycles. The summed E-state index contributed by atoms with van der Waals surface area (Å²) in [5.74, 6) is 0. The molecule has 3 heteroatoms. The minimum Gasteiger partial charge on any atom is -0.0780 e. The molecule has 0 amide bonds. The summed E-state index contributed by atoms with van der Waals surface area (Å²) < 4.78 is 0. The maximum atomic E-state index is 9.23. The molecule has 118 valence electrons. The molecule has 0 unspecified atom stereocenters. The van der Waals surface area contributed by atoms with Crippen LogP contribution >= 0.6 is 0 Å². The zero-order valence-electron chi connectivity index (χ0n) is 13.8. The molecule has 0 bridgehead atoms. The van der Waals surface area contributed by atoms with Crippen LogP contribution in [0.25, 0.3) is 43.1 Å². The molecule has 0 radical (unpaired) electrons. The molecule has 3 nitrogen and oxygen atoms in total. The van der Waals surface area contributed by atoms with Crippen molar-refractivity contribution >= 4 is 21.5 Å². The Morgan fingerprint density at radius 1 is 0.720 bits per heavy atom. The number of fused-ring (bicyclic) bond motifs is 5. The van der Waals surface area contributed by atoms with Crippen molar-refractivity contribution in [3.05, 3.63) is 94.4 Å². The van der Waals surface area contributed by atoms with Crippen molar-refractivity contribution in [3.63, 3.8) is 0 Å². The van der Waals surface area contributed by atoms with E-state index in [2.05, 4.69) is 70.7 Å². The summed E-state index contributed by atoms with van der Waals surface area (Å²) in [5.41, 5.74) is 13.0. The summed E-state index contributed by atoms with van der Waals surface area (Å²) in [6.07, 6.45) is 0.